The minimum atomic E-state index is 0.0192. The second-order valence-corrected chi connectivity index (χ2v) is 4.88. The number of hydrogen-bond acceptors (Lipinski definition) is 3. The molecule has 0 bridgehead atoms. The van der Waals surface area contributed by atoms with E-state index in [1.165, 1.54) is 0 Å². The highest BCUT2D eigenvalue weighted by Crippen LogP contribution is 2.28. The van der Waals surface area contributed by atoms with Crippen LogP contribution >= 0.6 is 15.9 Å². The first-order chi connectivity index (χ1) is 9.24. The zero-order valence-corrected chi connectivity index (χ0v) is 12.2. The van der Waals surface area contributed by atoms with E-state index in [4.69, 9.17) is 14.6 Å². The Morgan fingerprint density at radius 1 is 1.11 bits per heavy atom. The number of para-hydroxylation sites is 1. The van der Waals surface area contributed by atoms with Crippen molar-refractivity contribution < 1.29 is 14.6 Å². The predicted octanol–water partition coefficient (Wildman–Crippen LogP) is 3.53. The van der Waals surface area contributed by atoms with Crippen LogP contribution in [0.15, 0.2) is 46.9 Å². The van der Waals surface area contributed by atoms with Crippen molar-refractivity contribution in [2.45, 2.75) is 13.2 Å². The third-order valence-corrected chi connectivity index (χ3v) is 3.37. The normalized spacial score (nSPS) is 10.3. The molecule has 1 N–H and O–H groups in total. The number of ether oxygens (including phenoxy) is 2. The van der Waals surface area contributed by atoms with Crippen molar-refractivity contribution >= 4 is 15.9 Å². The van der Waals surface area contributed by atoms with E-state index in [0.29, 0.717) is 6.61 Å². The van der Waals surface area contributed by atoms with Crippen molar-refractivity contribution in [3.05, 3.63) is 58.1 Å². The van der Waals surface area contributed by atoms with Crippen LogP contribution in [0.4, 0.5) is 0 Å². The van der Waals surface area contributed by atoms with Gasteiger partial charge in [0, 0.05) is 5.56 Å². The summed E-state index contributed by atoms with van der Waals surface area (Å²) in [4.78, 5) is 0. The van der Waals surface area contributed by atoms with Gasteiger partial charge in [-0.15, -0.1) is 0 Å². The fourth-order valence-electron chi connectivity index (χ4n) is 1.74. The van der Waals surface area contributed by atoms with E-state index in [1.807, 2.05) is 42.5 Å². The third-order valence-electron chi connectivity index (χ3n) is 2.75. The summed E-state index contributed by atoms with van der Waals surface area (Å²) in [5.41, 5.74) is 1.83. The summed E-state index contributed by atoms with van der Waals surface area (Å²) in [6.07, 6.45) is 0. The Bertz CT molecular complexity index is 555. The van der Waals surface area contributed by atoms with Gasteiger partial charge in [0.15, 0.2) is 0 Å². The second kappa shape index (κ2) is 6.59. The number of aliphatic hydroxyl groups excluding tert-OH is 1. The molecule has 0 aromatic heterocycles. The van der Waals surface area contributed by atoms with Crippen LogP contribution in [0.2, 0.25) is 0 Å². The molecule has 100 valence electrons. The maximum absolute atomic E-state index is 9.05. The molecule has 0 amide bonds. The lowest BCUT2D eigenvalue weighted by molar-refractivity contribution is 0.280. The number of rotatable bonds is 5. The quantitative estimate of drug-likeness (QED) is 0.915. The Balaban J connectivity index is 2.10. The lowest BCUT2D eigenvalue weighted by atomic mass is 10.2. The van der Waals surface area contributed by atoms with Gasteiger partial charge in [0.25, 0.3) is 0 Å². The molecule has 0 saturated carbocycles. The van der Waals surface area contributed by atoms with E-state index in [-0.39, 0.29) is 6.61 Å². The monoisotopic (exact) mass is 322 g/mol. The lowest BCUT2D eigenvalue weighted by Gasteiger charge is -2.11. The van der Waals surface area contributed by atoms with E-state index in [0.717, 1.165) is 27.1 Å². The van der Waals surface area contributed by atoms with Crippen molar-refractivity contribution in [3.63, 3.8) is 0 Å². The Morgan fingerprint density at radius 3 is 2.58 bits per heavy atom. The molecular weight excluding hydrogens is 308 g/mol. The van der Waals surface area contributed by atoms with Crippen molar-refractivity contribution in [3.8, 4) is 11.5 Å². The van der Waals surface area contributed by atoms with Crippen molar-refractivity contribution in [1.82, 2.24) is 0 Å². The van der Waals surface area contributed by atoms with Gasteiger partial charge in [-0.1, -0.05) is 24.3 Å². The molecule has 0 spiro atoms. The highest BCUT2D eigenvalue weighted by Gasteiger charge is 2.06. The summed E-state index contributed by atoms with van der Waals surface area (Å²) in [7, 11) is 1.64. The number of hydrogen-bond donors (Lipinski definition) is 1. The van der Waals surface area contributed by atoms with Gasteiger partial charge in [-0.25, -0.2) is 0 Å². The summed E-state index contributed by atoms with van der Waals surface area (Å²) in [6, 6.07) is 13.3. The van der Waals surface area contributed by atoms with Crippen LogP contribution < -0.4 is 9.47 Å². The van der Waals surface area contributed by atoms with Crippen LogP contribution in [0.1, 0.15) is 11.1 Å². The highest BCUT2D eigenvalue weighted by molar-refractivity contribution is 9.10. The van der Waals surface area contributed by atoms with Gasteiger partial charge in [0.2, 0.25) is 0 Å². The number of aliphatic hydroxyl groups is 1. The molecule has 2 rings (SSSR count). The van der Waals surface area contributed by atoms with E-state index in [1.54, 1.807) is 7.11 Å². The average molecular weight is 323 g/mol. The molecule has 2 aromatic carbocycles. The molecule has 4 heteroatoms. The van der Waals surface area contributed by atoms with E-state index in [2.05, 4.69) is 15.9 Å². The van der Waals surface area contributed by atoms with Crippen molar-refractivity contribution in [2.24, 2.45) is 0 Å². The number of methoxy groups -OCH3 is 1. The highest BCUT2D eigenvalue weighted by atomic mass is 79.9. The van der Waals surface area contributed by atoms with E-state index >= 15 is 0 Å². The molecular formula is C15H15BrO3. The molecule has 0 saturated heterocycles. The molecule has 2 aromatic rings. The first-order valence-electron chi connectivity index (χ1n) is 5.88. The lowest BCUT2D eigenvalue weighted by Crippen LogP contribution is -1.99. The molecule has 0 radical (unpaired) electrons. The van der Waals surface area contributed by atoms with Crippen LogP contribution in [0, 0.1) is 0 Å². The summed E-state index contributed by atoms with van der Waals surface area (Å²) in [6.45, 7) is 0.451. The van der Waals surface area contributed by atoms with Gasteiger partial charge in [0.1, 0.15) is 18.1 Å². The summed E-state index contributed by atoms with van der Waals surface area (Å²) < 4.78 is 11.9. The Kier molecular flexibility index (Phi) is 4.82. The summed E-state index contributed by atoms with van der Waals surface area (Å²) >= 11 is 3.43. The second-order valence-electron chi connectivity index (χ2n) is 4.02. The van der Waals surface area contributed by atoms with E-state index < -0.39 is 0 Å². The molecule has 19 heavy (non-hydrogen) atoms. The van der Waals surface area contributed by atoms with Crippen LogP contribution in [-0.4, -0.2) is 12.2 Å². The van der Waals surface area contributed by atoms with Gasteiger partial charge >= 0.3 is 0 Å². The molecule has 0 aliphatic carbocycles. The van der Waals surface area contributed by atoms with E-state index in [9.17, 15) is 0 Å². The maximum atomic E-state index is 9.05. The maximum Gasteiger partial charge on any atom is 0.134 e. The molecule has 3 nitrogen and oxygen atoms in total. The molecule has 0 atom stereocenters. The first-order valence-corrected chi connectivity index (χ1v) is 6.68. The van der Waals surface area contributed by atoms with Gasteiger partial charge < -0.3 is 14.6 Å². The SMILES string of the molecule is COc1ccccc1COc1ccc(CO)cc1Br. The Hall–Kier alpha value is -1.52. The smallest absolute Gasteiger partial charge is 0.134 e. The summed E-state index contributed by atoms with van der Waals surface area (Å²) in [5, 5.41) is 9.05. The zero-order chi connectivity index (χ0) is 13.7. The third kappa shape index (κ3) is 3.49. The average Bonchev–Trinajstić information content (AvgIpc) is 2.46. The van der Waals surface area contributed by atoms with Crippen LogP contribution in [0.25, 0.3) is 0 Å². The molecule has 0 aliphatic rings. The van der Waals surface area contributed by atoms with Gasteiger partial charge in [-0.2, -0.15) is 0 Å². The predicted molar refractivity (Wildman–Crippen MR) is 77.4 cm³/mol. The largest absolute Gasteiger partial charge is 0.496 e. The first kappa shape index (κ1) is 13.9. The van der Waals surface area contributed by atoms with Gasteiger partial charge in [0.05, 0.1) is 18.2 Å². The summed E-state index contributed by atoms with van der Waals surface area (Å²) in [5.74, 6) is 1.55. The van der Waals surface area contributed by atoms with Crippen LogP contribution in [0.5, 0.6) is 11.5 Å². The van der Waals surface area contributed by atoms with Crippen LogP contribution in [0.3, 0.4) is 0 Å². The molecule has 0 fully saturated rings. The molecule has 0 aliphatic heterocycles. The van der Waals surface area contributed by atoms with Crippen LogP contribution in [-0.2, 0) is 13.2 Å². The Labute approximate surface area is 120 Å². The van der Waals surface area contributed by atoms with Gasteiger partial charge in [-0.3, -0.25) is 0 Å². The number of benzene rings is 2. The fraction of sp³-hybridized carbons (Fsp3) is 0.200. The Morgan fingerprint density at radius 2 is 1.89 bits per heavy atom. The van der Waals surface area contributed by atoms with Crippen molar-refractivity contribution in [1.29, 1.82) is 0 Å². The molecule has 0 unspecified atom stereocenters. The standard InChI is InChI=1S/C15H15BrO3/c1-18-14-5-3-2-4-12(14)10-19-15-7-6-11(9-17)8-13(15)16/h2-8,17H,9-10H2,1H3. The molecule has 0 heterocycles. The minimum absolute atomic E-state index is 0.0192. The minimum Gasteiger partial charge on any atom is -0.496 e. The zero-order valence-electron chi connectivity index (χ0n) is 10.6. The fourth-order valence-corrected chi connectivity index (χ4v) is 2.28. The number of halogens is 1. The van der Waals surface area contributed by atoms with Crippen molar-refractivity contribution in [2.75, 3.05) is 7.11 Å². The topological polar surface area (TPSA) is 38.7 Å². The van der Waals surface area contributed by atoms with Gasteiger partial charge in [-0.05, 0) is 39.7 Å².